The molecule has 1 amide bonds. The van der Waals surface area contributed by atoms with Crippen molar-refractivity contribution in [2.75, 3.05) is 13.2 Å². The fourth-order valence-electron chi connectivity index (χ4n) is 2.79. The average Bonchev–Trinajstić information content (AvgIpc) is 2.82. The molecule has 0 radical (unpaired) electrons. The minimum atomic E-state index is -0.800. The van der Waals surface area contributed by atoms with Gasteiger partial charge in [0.1, 0.15) is 6.61 Å². The van der Waals surface area contributed by atoms with Gasteiger partial charge in [-0.25, -0.2) is 4.79 Å². The zero-order valence-electron chi connectivity index (χ0n) is 8.96. The van der Waals surface area contributed by atoms with Crippen LogP contribution in [0, 0.1) is 11.8 Å². The van der Waals surface area contributed by atoms with E-state index in [0.717, 1.165) is 12.8 Å². The number of carboxylic acids is 1. The summed E-state index contributed by atoms with van der Waals surface area (Å²) < 4.78 is 4.93. The summed E-state index contributed by atoms with van der Waals surface area (Å²) in [5.41, 5.74) is 0. The van der Waals surface area contributed by atoms with Crippen LogP contribution in [0.1, 0.15) is 12.8 Å². The lowest BCUT2D eigenvalue weighted by molar-refractivity contribution is -0.142. The molecule has 0 aromatic carbocycles. The molecule has 1 N–H and O–H groups in total. The smallest absolute Gasteiger partial charge is 0.410 e. The summed E-state index contributed by atoms with van der Waals surface area (Å²) in [6.45, 7) is 4.14. The predicted octanol–water partition coefficient (Wildman–Crippen LogP) is 1.10. The van der Waals surface area contributed by atoms with E-state index < -0.39 is 18.0 Å². The van der Waals surface area contributed by atoms with Gasteiger partial charge in [0.05, 0.1) is 5.92 Å². The highest BCUT2D eigenvalue weighted by Gasteiger charge is 2.52. The van der Waals surface area contributed by atoms with E-state index in [4.69, 9.17) is 9.84 Å². The Hall–Kier alpha value is -1.52. The van der Waals surface area contributed by atoms with Crippen LogP contribution < -0.4 is 0 Å². The van der Waals surface area contributed by atoms with Crippen LogP contribution in [0.25, 0.3) is 0 Å². The van der Waals surface area contributed by atoms with E-state index >= 15 is 0 Å². The van der Waals surface area contributed by atoms with Gasteiger partial charge in [0, 0.05) is 12.6 Å². The third-order valence-electron chi connectivity index (χ3n) is 3.43. The van der Waals surface area contributed by atoms with Gasteiger partial charge in [-0.05, 0) is 18.8 Å². The normalized spacial score (nSPS) is 31.5. The van der Waals surface area contributed by atoms with Crippen molar-refractivity contribution < 1.29 is 19.4 Å². The van der Waals surface area contributed by atoms with Crippen molar-refractivity contribution in [1.82, 2.24) is 4.90 Å². The van der Waals surface area contributed by atoms with E-state index in [9.17, 15) is 9.59 Å². The molecule has 0 aromatic heterocycles. The maximum atomic E-state index is 11.6. The van der Waals surface area contributed by atoms with Gasteiger partial charge in [0.25, 0.3) is 0 Å². The molecule has 2 aliphatic rings. The van der Waals surface area contributed by atoms with Gasteiger partial charge in [0.2, 0.25) is 0 Å². The number of fused-ring (bicyclic) bond motifs is 2. The number of nitrogens with zero attached hydrogens (tertiary/aromatic N) is 1. The van der Waals surface area contributed by atoms with Gasteiger partial charge in [-0.2, -0.15) is 0 Å². The summed E-state index contributed by atoms with van der Waals surface area (Å²) in [4.78, 5) is 24.2. The van der Waals surface area contributed by atoms with Crippen molar-refractivity contribution >= 4 is 12.1 Å². The van der Waals surface area contributed by atoms with Crippen LogP contribution >= 0.6 is 0 Å². The first-order valence-electron chi connectivity index (χ1n) is 5.42. The predicted molar refractivity (Wildman–Crippen MR) is 55.9 cm³/mol. The van der Waals surface area contributed by atoms with Crippen LogP contribution in [0.4, 0.5) is 4.79 Å². The quantitative estimate of drug-likeness (QED) is 0.730. The van der Waals surface area contributed by atoms with Crippen molar-refractivity contribution in [3.8, 4) is 0 Å². The lowest BCUT2D eigenvalue weighted by Crippen LogP contribution is -2.39. The number of hydrogen-bond donors (Lipinski definition) is 1. The molecular formula is C11H15NO4. The molecule has 2 rings (SSSR count). The second-order valence-corrected chi connectivity index (χ2v) is 4.29. The van der Waals surface area contributed by atoms with Crippen LogP contribution in [0.2, 0.25) is 0 Å². The summed E-state index contributed by atoms with van der Waals surface area (Å²) in [6.07, 6.45) is 2.75. The average molecular weight is 225 g/mol. The topological polar surface area (TPSA) is 66.8 Å². The van der Waals surface area contributed by atoms with Crippen molar-refractivity contribution in [2.24, 2.45) is 11.8 Å². The summed E-state index contributed by atoms with van der Waals surface area (Å²) in [5, 5.41) is 9.07. The van der Waals surface area contributed by atoms with Gasteiger partial charge in [-0.15, -0.1) is 0 Å². The molecule has 0 spiro atoms. The Morgan fingerprint density at radius 3 is 2.81 bits per heavy atom. The molecule has 1 aliphatic heterocycles. The Kier molecular flexibility index (Phi) is 2.85. The minimum Gasteiger partial charge on any atom is -0.481 e. The van der Waals surface area contributed by atoms with Gasteiger partial charge in [0.15, 0.2) is 0 Å². The Morgan fingerprint density at radius 2 is 2.25 bits per heavy atom. The fraction of sp³-hybridized carbons (Fsp3) is 0.636. The Labute approximate surface area is 93.7 Å². The molecule has 2 bridgehead atoms. The fourth-order valence-corrected chi connectivity index (χ4v) is 2.79. The molecule has 0 unspecified atom stereocenters. The molecule has 0 aromatic rings. The molecule has 1 saturated heterocycles. The number of rotatable bonds is 3. The molecule has 16 heavy (non-hydrogen) atoms. The van der Waals surface area contributed by atoms with Crippen LogP contribution in [0.5, 0.6) is 0 Å². The second-order valence-electron chi connectivity index (χ2n) is 4.29. The molecular weight excluding hydrogens is 210 g/mol. The Bertz CT molecular complexity index is 328. The van der Waals surface area contributed by atoms with Crippen molar-refractivity contribution in [3.05, 3.63) is 12.7 Å². The zero-order valence-corrected chi connectivity index (χ0v) is 8.96. The van der Waals surface area contributed by atoms with Crippen molar-refractivity contribution in [1.29, 1.82) is 0 Å². The SMILES string of the molecule is C=CCOC(=O)N1C[C@H]2CC[C@@H]1[C@@H]2C(=O)O. The number of carbonyl (C=O) groups excluding carboxylic acids is 1. The summed E-state index contributed by atoms with van der Waals surface area (Å²) >= 11 is 0. The van der Waals surface area contributed by atoms with Gasteiger partial charge < -0.3 is 14.7 Å². The highest BCUT2D eigenvalue weighted by atomic mass is 16.6. The number of piperidine rings is 1. The zero-order chi connectivity index (χ0) is 11.7. The van der Waals surface area contributed by atoms with Gasteiger partial charge in [-0.1, -0.05) is 12.7 Å². The molecule has 1 heterocycles. The number of carboxylic acid groups (broad SMARTS) is 1. The number of carbonyl (C=O) groups is 2. The van der Waals surface area contributed by atoms with E-state index in [-0.39, 0.29) is 18.6 Å². The highest BCUT2D eigenvalue weighted by molar-refractivity contribution is 5.76. The molecule has 1 aliphatic carbocycles. The molecule has 88 valence electrons. The number of hydrogen-bond acceptors (Lipinski definition) is 3. The van der Waals surface area contributed by atoms with Crippen molar-refractivity contribution in [2.45, 2.75) is 18.9 Å². The molecule has 5 nitrogen and oxygen atoms in total. The minimum absolute atomic E-state index is 0.0961. The second kappa shape index (κ2) is 4.15. The first-order valence-corrected chi connectivity index (χ1v) is 5.42. The molecule has 2 fully saturated rings. The maximum absolute atomic E-state index is 11.6. The van der Waals surface area contributed by atoms with Gasteiger partial charge >= 0.3 is 12.1 Å². The summed E-state index contributed by atoms with van der Waals surface area (Å²) in [6, 6.07) is -0.181. The van der Waals surface area contributed by atoms with Crippen LogP contribution in [0.3, 0.4) is 0 Å². The number of likely N-dealkylation sites (tertiary alicyclic amines) is 1. The number of amides is 1. The lowest BCUT2D eigenvalue weighted by atomic mass is 9.99. The standard InChI is InChI=1S/C11H15NO4/c1-2-5-16-11(15)12-6-7-3-4-8(12)9(7)10(13)14/h2,7-9H,1,3-6H2,(H,13,14)/t7-,8-,9-/m1/s1. The lowest BCUT2D eigenvalue weighted by Gasteiger charge is -2.25. The van der Waals surface area contributed by atoms with E-state index in [1.165, 1.54) is 6.08 Å². The maximum Gasteiger partial charge on any atom is 0.410 e. The third kappa shape index (κ3) is 1.66. The number of ether oxygens (including phenoxy) is 1. The molecule has 1 saturated carbocycles. The molecule has 3 atom stereocenters. The number of aliphatic carboxylic acids is 1. The highest BCUT2D eigenvalue weighted by Crippen LogP contribution is 2.43. The van der Waals surface area contributed by atoms with E-state index in [1.807, 2.05) is 0 Å². The Morgan fingerprint density at radius 1 is 1.50 bits per heavy atom. The summed E-state index contributed by atoms with van der Waals surface area (Å²) in [7, 11) is 0. The van der Waals surface area contributed by atoms with E-state index in [1.54, 1.807) is 4.90 Å². The summed E-state index contributed by atoms with van der Waals surface area (Å²) in [5.74, 6) is -1.11. The monoisotopic (exact) mass is 225 g/mol. The van der Waals surface area contributed by atoms with Crippen LogP contribution in [-0.2, 0) is 9.53 Å². The first kappa shape index (κ1) is 11.0. The van der Waals surface area contributed by atoms with E-state index in [0.29, 0.717) is 6.54 Å². The van der Waals surface area contributed by atoms with Crippen LogP contribution in [-0.4, -0.2) is 41.3 Å². The Balaban J connectivity index is 2.02. The molecule has 5 heteroatoms. The van der Waals surface area contributed by atoms with E-state index in [2.05, 4.69) is 6.58 Å². The van der Waals surface area contributed by atoms with Crippen LogP contribution in [0.15, 0.2) is 12.7 Å². The third-order valence-corrected chi connectivity index (χ3v) is 3.43. The van der Waals surface area contributed by atoms with Gasteiger partial charge in [-0.3, -0.25) is 4.79 Å². The first-order chi connectivity index (χ1) is 7.65. The largest absolute Gasteiger partial charge is 0.481 e. The van der Waals surface area contributed by atoms with Crippen molar-refractivity contribution in [3.63, 3.8) is 0 Å².